The van der Waals surface area contributed by atoms with E-state index in [1.165, 1.54) is 38.9 Å². The van der Waals surface area contributed by atoms with Crippen LogP contribution in [0.4, 0.5) is 0 Å². The molecule has 0 saturated heterocycles. The van der Waals surface area contributed by atoms with Crippen LogP contribution in [0, 0.1) is 0 Å². The van der Waals surface area contributed by atoms with Crippen molar-refractivity contribution in [1.29, 1.82) is 0 Å². The normalized spacial score (nSPS) is 14.6. The number of thioether (sulfide) groups is 1. The average Bonchev–Trinajstić information content (AvgIpc) is 3.04. The zero-order chi connectivity index (χ0) is 15.9. The molecule has 0 spiro atoms. The molecule has 1 fully saturated rings. The van der Waals surface area contributed by atoms with Crippen LogP contribution in [0.5, 0.6) is 5.75 Å². The van der Waals surface area contributed by atoms with Gasteiger partial charge in [-0.2, -0.15) is 0 Å². The van der Waals surface area contributed by atoms with E-state index in [4.69, 9.17) is 16.3 Å². The monoisotopic (exact) mass is 342 g/mol. The van der Waals surface area contributed by atoms with Gasteiger partial charge in [-0.25, -0.2) is 0 Å². The van der Waals surface area contributed by atoms with E-state index in [0.29, 0.717) is 21.8 Å². The average molecular weight is 343 g/mol. The third-order valence-electron chi connectivity index (χ3n) is 3.47. The van der Waals surface area contributed by atoms with Crippen LogP contribution in [0.15, 0.2) is 18.2 Å². The number of ether oxygens (including phenoxy) is 1. The van der Waals surface area contributed by atoms with Crippen molar-refractivity contribution in [2.75, 3.05) is 12.9 Å². The number of hydrogen-bond donors (Lipinski definition) is 2. The summed E-state index contributed by atoms with van der Waals surface area (Å²) in [5, 5.41) is 0.989. The highest BCUT2D eigenvalue weighted by Gasteiger charge is 2.17. The lowest BCUT2D eigenvalue weighted by atomic mass is 10.2. The minimum Gasteiger partial charge on any atom is -0.496 e. The molecule has 0 unspecified atom stereocenters. The van der Waals surface area contributed by atoms with Crippen molar-refractivity contribution >= 4 is 35.2 Å². The Morgan fingerprint density at radius 3 is 2.73 bits per heavy atom. The highest BCUT2D eigenvalue weighted by Crippen LogP contribution is 2.29. The number of benzene rings is 1. The van der Waals surface area contributed by atoms with Gasteiger partial charge in [0.15, 0.2) is 0 Å². The first-order valence-electron chi connectivity index (χ1n) is 7.14. The second kappa shape index (κ2) is 8.29. The van der Waals surface area contributed by atoms with Crippen LogP contribution in [-0.4, -0.2) is 29.9 Å². The Bertz CT molecular complexity index is 548. The second-order valence-electron chi connectivity index (χ2n) is 5.06. The molecule has 2 rings (SSSR count). The summed E-state index contributed by atoms with van der Waals surface area (Å²) in [6.07, 6.45) is 4.82. The Hall–Kier alpha value is -1.40. The maximum Gasteiger partial charge on any atom is 0.273 e. The van der Waals surface area contributed by atoms with Crippen LogP contribution in [0.3, 0.4) is 0 Å². The standard InChI is InChI=1S/C15H19ClN2O3S/c1-21-13-7-6-10(16)8-12(13)15(20)18-17-14(19)9-22-11-4-2-3-5-11/h6-8,11H,2-5,9H2,1H3,(H,17,19)(H,18,20). The quantitative estimate of drug-likeness (QED) is 0.807. The largest absolute Gasteiger partial charge is 0.496 e. The molecular weight excluding hydrogens is 324 g/mol. The summed E-state index contributed by atoms with van der Waals surface area (Å²) in [5.74, 6) is 0.0683. The molecular formula is C15H19ClN2O3S. The predicted octanol–water partition coefficient (Wildman–Crippen LogP) is 2.79. The molecule has 0 atom stereocenters. The topological polar surface area (TPSA) is 67.4 Å². The molecule has 2 N–H and O–H groups in total. The molecule has 0 aromatic heterocycles. The van der Waals surface area contributed by atoms with Gasteiger partial charge in [0.05, 0.1) is 18.4 Å². The van der Waals surface area contributed by atoms with Gasteiger partial charge in [0.1, 0.15) is 5.75 Å². The first kappa shape index (κ1) is 17.0. The summed E-state index contributed by atoms with van der Waals surface area (Å²) in [6.45, 7) is 0. The van der Waals surface area contributed by atoms with Gasteiger partial charge in [-0.05, 0) is 31.0 Å². The number of hydrazine groups is 1. The van der Waals surface area contributed by atoms with E-state index in [0.717, 1.165) is 0 Å². The van der Waals surface area contributed by atoms with E-state index in [9.17, 15) is 9.59 Å². The molecule has 1 saturated carbocycles. The lowest BCUT2D eigenvalue weighted by Crippen LogP contribution is -2.42. The Balaban J connectivity index is 1.81. The minimum atomic E-state index is -0.460. The highest BCUT2D eigenvalue weighted by molar-refractivity contribution is 8.00. The lowest BCUT2D eigenvalue weighted by Gasteiger charge is -2.12. The van der Waals surface area contributed by atoms with E-state index in [1.54, 1.807) is 23.9 Å². The van der Waals surface area contributed by atoms with Crippen molar-refractivity contribution in [2.24, 2.45) is 0 Å². The van der Waals surface area contributed by atoms with Crippen LogP contribution in [0.2, 0.25) is 5.02 Å². The van der Waals surface area contributed by atoms with Gasteiger partial charge in [-0.3, -0.25) is 20.4 Å². The number of carbonyl (C=O) groups is 2. The fourth-order valence-corrected chi connectivity index (χ4v) is 3.63. The van der Waals surface area contributed by atoms with Crippen molar-refractivity contribution in [3.63, 3.8) is 0 Å². The first-order valence-corrected chi connectivity index (χ1v) is 8.57. The molecule has 0 radical (unpaired) electrons. The summed E-state index contributed by atoms with van der Waals surface area (Å²) in [7, 11) is 1.47. The minimum absolute atomic E-state index is 0.216. The van der Waals surface area contributed by atoms with E-state index < -0.39 is 5.91 Å². The summed E-state index contributed by atoms with van der Waals surface area (Å²) in [5.41, 5.74) is 5.08. The SMILES string of the molecule is COc1ccc(Cl)cc1C(=O)NNC(=O)CSC1CCCC1. The van der Waals surface area contributed by atoms with Crippen LogP contribution in [0.1, 0.15) is 36.0 Å². The fraction of sp³-hybridized carbons (Fsp3) is 0.467. The Morgan fingerprint density at radius 1 is 1.32 bits per heavy atom. The second-order valence-corrected chi connectivity index (χ2v) is 6.79. The summed E-state index contributed by atoms with van der Waals surface area (Å²) in [6, 6.07) is 4.73. The van der Waals surface area contributed by atoms with Gasteiger partial charge in [-0.15, -0.1) is 11.8 Å². The zero-order valence-corrected chi connectivity index (χ0v) is 13.9. The van der Waals surface area contributed by atoms with Crippen molar-refractivity contribution < 1.29 is 14.3 Å². The number of carbonyl (C=O) groups excluding carboxylic acids is 2. The van der Waals surface area contributed by atoms with Gasteiger partial charge in [0, 0.05) is 10.3 Å². The number of amides is 2. The predicted molar refractivity (Wildman–Crippen MR) is 88.3 cm³/mol. The highest BCUT2D eigenvalue weighted by atomic mass is 35.5. The van der Waals surface area contributed by atoms with Gasteiger partial charge >= 0.3 is 0 Å². The summed E-state index contributed by atoms with van der Waals surface area (Å²) in [4.78, 5) is 23.8. The van der Waals surface area contributed by atoms with Crippen LogP contribution < -0.4 is 15.6 Å². The van der Waals surface area contributed by atoms with E-state index in [1.807, 2.05) is 0 Å². The molecule has 1 aromatic carbocycles. The summed E-state index contributed by atoms with van der Waals surface area (Å²) >= 11 is 7.52. The lowest BCUT2D eigenvalue weighted by molar-refractivity contribution is -0.119. The third kappa shape index (κ3) is 4.81. The number of nitrogens with one attached hydrogen (secondary N) is 2. The van der Waals surface area contributed by atoms with Crippen molar-refractivity contribution in [2.45, 2.75) is 30.9 Å². The smallest absolute Gasteiger partial charge is 0.273 e. The molecule has 0 bridgehead atoms. The number of halogens is 1. The Labute approximate surface area is 139 Å². The van der Waals surface area contributed by atoms with Gasteiger partial charge in [0.25, 0.3) is 5.91 Å². The van der Waals surface area contributed by atoms with Crippen LogP contribution >= 0.6 is 23.4 Å². The maximum absolute atomic E-state index is 12.1. The van der Waals surface area contributed by atoms with Gasteiger partial charge in [-0.1, -0.05) is 24.4 Å². The van der Waals surface area contributed by atoms with E-state index in [-0.39, 0.29) is 11.5 Å². The van der Waals surface area contributed by atoms with E-state index in [2.05, 4.69) is 10.9 Å². The molecule has 1 aliphatic rings. The molecule has 22 heavy (non-hydrogen) atoms. The molecule has 120 valence electrons. The van der Waals surface area contributed by atoms with Crippen LogP contribution in [-0.2, 0) is 4.79 Å². The van der Waals surface area contributed by atoms with Crippen molar-refractivity contribution in [3.8, 4) is 5.75 Å². The molecule has 5 nitrogen and oxygen atoms in total. The molecule has 1 aliphatic carbocycles. The van der Waals surface area contributed by atoms with Gasteiger partial charge in [0.2, 0.25) is 5.91 Å². The Morgan fingerprint density at radius 2 is 2.05 bits per heavy atom. The maximum atomic E-state index is 12.1. The van der Waals surface area contributed by atoms with Crippen molar-refractivity contribution in [1.82, 2.24) is 10.9 Å². The third-order valence-corrected chi connectivity index (χ3v) is 5.08. The van der Waals surface area contributed by atoms with E-state index >= 15 is 0 Å². The molecule has 7 heteroatoms. The number of methoxy groups -OCH3 is 1. The molecule has 0 heterocycles. The zero-order valence-electron chi connectivity index (χ0n) is 12.4. The molecule has 0 aliphatic heterocycles. The van der Waals surface area contributed by atoms with Crippen molar-refractivity contribution in [3.05, 3.63) is 28.8 Å². The first-order chi connectivity index (χ1) is 10.6. The number of rotatable bonds is 5. The summed E-state index contributed by atoms with van der Waals surface area (Å²) < 4.78 is 5.11. The Kier molecular flexibility index (Phi) is 6.39. The fourth-order valence-electron chi connectivity index (χ4n) is 2.34. The van der Waals surface area contributed by atoms with Gasteiger partial charge < -0.3 is 4.74 Å². The van der Waals surface area contributed by atoms with Crippen LogP contribution in [0.25, 0.3) is 0 Å². The number of hydrogen-bond acceptors (Lipinski definition) is 4. The molecule has 2 amide bonds. The molecule has 1 aromatic rings.